The third-order valence-corrected chi connectivity index (χ3v) is 18.5. The number of rotatable bonds is 69. The highest BCUT2D eigenvalue weighted by Gasteiger charge is 2.26. The SMILES string of the molecule is CB(O)N(C)CCCN(CCCCN(CC(CCCCCCNC(=O)CCCCCCCCCC/C=C/CCCCCCCCCC/C=C\CCCCCCCCCCCN=[N+]=[N-])CN(CCCCN(CCCN(C)B(C)O)B(C)O)B(C)O)B(C)O)B(C)O. The molecule has 0 saturated heterocycles. The van der Waals surface area contributed by atoms with Crippen LogP contribution in [0.5, 0.6) is 0 Å². The molecule has 0 bridgehead atoms. The van der Waals surface area contributed by atoms with Gasteiger partial charge in [-0.2, -0.15) is 0 Å². The fourth-order valence-corrected chi connectivity index (χ4v) is 12.0. The molecule has 0 radical (unpaired) electrons. The first kappa shape index (κ1) is 88.2. The lowest BCUT2D eigenvalue weighted by molar-refractivity contribution is -0.121. The lowest BCUT2D eigenvalue weighted by Crippen LogP contribution is -2.47. The van der Waals surface area contributed by atoms with E-state index < -0.39 is 42.3 Å². The standard InChI is InChI=1S/C67H142B6N10O7/c1-68(85)78(7)56-50-62-80(70(3)87)58-46-48-60-82(72(5)89)64-66(65-83(73(6)90)61-49-47-59-81(71(4)88)63-51-57-79(8)69(2)86)52-42-39-41-44-54-75-67(84)53-43-38-36-34-32-30-28-26-24-22-20-18-16-14-12-10-9-11-13-15-17-19-21-23-25-27-29-31-33-35-37-40-45-55-76-77-74/h19-22,66,85-90H,9-18,23-65H2,1-8H3,(H,75,84)/b21-19-,22-20+. The highest BCUT2D eigenvalue weighted by atomic mass is 16.2. The van der Waals surface area contributed by atoms with Gasteiger partial charge in [0.2, 0.25) is 5.91 Å². The van der Waals surface area contributed by atoms with E-state index in [1.807, 2.05) is 51.0 Å². The Kier molecular flexibility index (Phi) is 63.2. The minimum Gasteiger partial charge on any atom is -0.437 e. The second-order valence-electron chi connectivity index (χ2n) is 27.0. The summed E-state index contributed by atoms with van der Waals surface area (Å²) in [6.07, 6.45) is 57.9. The maximum atomic E-state index is 12.7. The van der Waals surface area contributed by atoms with Crippen LogP contribution < -0.4 is 5.32 Å². The van der Waals surface area contributed by atoms with E-state index in [-0.39, 0.29) is 11.8 Å². The summed E-state index contributed by atoms with van der Waals surface area (Å²) in [4.78, 5) is 27.8. The molecule has 0 aromatic carbocycles. The summed E-state index contributed by atoms with van der Waals surface area (Å²) >= 11 is 0. The van der Waals surface area contributed by atoms with Crippen molar-refractivity contribution in [1.29, 1.82) is 0 Å². The molecule has 0 aliphatic heterocycles. The Morgan fingerprint density at radius 3 is 1.03 bits per heavy atom. The van der Waals surface area contributed by atoms with Gasteiger partial charge in [0.15, 0.2) is 0 Å². The summed E-state index contributed by atoms with van der Waals surface area (Å²) in [7, 11) is 0.446. The minimum atomic E-state index is -0.617. The molecule has 0 rings (SSSR count). The van der Waals surface area contributed by atoms with Crippen molar-refractivity contribution < 1.29 is 34.9 Å². The normalized spacial score (nSPS) is 12.0. The van der Waals surface area contributed by atoms with Gasteiger partial charge in [0.05, 0.1) is 0 Å². The van der Waals surface area contributed by atoms with Gasteiger partial charge in [-0.25, -0.2) is 0 Å². The molecule has 0 heterocycles. The van der Waals surface area contributed by atoms with Crippen molar-refractivity contribution in [2.45, 2.75) is 304 Å². The van der Waals surface area contributed by atoms with E-state index in [9.17, 15) is 34.9 Å². The number of hydrogen-bond acceptors (Lipinski definition) is 14. The summed E-state index contributed by atoms with van der Waals surface area (Å²) in [5.74, 6) is 0.404. The first-order valence-electron chi connectivity index (χ1n) is 37.5. The number of allylic oxidation sites excluding steroid dienone is 4. The van der Waals surface area contributed by atoms with E-state index in [0.717, 1.165) is 142 Å². The predicted molar refractivity (Wildman–Crippen MR) is 393 cm³/mol. The fourth-order valence-electron chi connectivity index (χ4n) is 12.0. The van der Waals surface area contributed by atoms with Crippen LogP contribution in [0.1, 0.15) is 263 Å². The van der Waals surface area contributed by atoms with Gasteiger partial charge in [-0.15, -0.1) is 0 Å². The molecule has 90 heavy (non-hydrogen) atoms. The molecule has 17 nitrogen and oxygen atoms in total. The third-order valence-electron chi connectivity index (χ3n) is 18.5. The van der Waals surface area contributed by atoms with Crippen molar-refractivity contribution in [3.05, 3.63) is 34.7 Å². The van der Waals surface area contributed by atoms with Crippen LogP contribution in [0.2, 0.25) is 40.9 Å². The van der Waals surface area contributed by atoms with E-state index in [2.05, 4.69) is 58.9 Å². The molecule has 0 aromatic rings. The molecule has 0 aliphatic rings. The number of nitrogens with zero attached hydrogens (tertiary/aromatic N) is 9. The summed E-state index contributed by atoms with van der Waals surface area (Å²) in [6, 6.07) is 0. The van der Waals surface area contributed by atoms with Gasteiger partial charge in [0, 0.05) is 24.4 Å². The second kappa shape index (κ2) is 64.5. The molecule has 0 aliphatic carbocycles. The molecular formula is C67H142B6N10O7. The molecule has 23 heteroatoms. The zero-order valence-electron chi connectivity index (χ0n) is 59.9. The van der Waals surface area contributed by atoms with E-state index in [0.29, 0.717) is 32.6 Å². The van der Waals surface area contributed by atoms with Gasteiger partial charge >= 0.3 is 42.3 Å². The van der Waals surface area contributed by atoms with Crippen LogP contribution in [0, 0.1) is 5.92 Å². The van der Waals surface area contributed by atoms with Gasteiger partial charge in [-0.3, -0.25) is 4.79 Å². The topological polar surface area (TPSA) is 219 Å². The van der Waals surface area contributed by atoms with Crippen LogP contribution in [0.25, 0.3) is 10.4 Å². The van der Waals surface area contributed by atoms with Crippen LogP contribution in [-0.4, -0.2) is 200 Å². The smallest absolute Gasteiger partial charge is 0.376 e. The number of azide groups is 1. The number of carbonyl (C=O) groups is 1. The van der Waals surface area contributed by atoms with Crippen molar-refractivity contribution in [3.63, 3.8) is 0 Å². The fraction of sp³-hybridized carbons (Fsp3) is 0.925. The van der Waals surface area contributed by atoms with Gasteiger partial charge in [0.25, 0.3) is 0 Å². The summed E-state index contributed by atoms with van der Waals surface area (Å²) < 4.78 is 0. The number of unbranched alkanes of at least 4 members (excludes halogenated alkanes) is 31. The molecule has 0 atom stereocenters. The van der Waals surface area contributed by atoms with Crippen molar-refractivity contribution in [2.75, 3.05) is 92.6 Å². The van der Waals surface area contributed by atoms with Crippen LogP contribution in [0.4, 0.5) is 0 Å². The van der Waals surface area contributed by atoms with Crippen LogP contribution in [-0.2, 0) is 4.79 Å². The van der Waals surface area contributed by atoms with Crippen LogP contribution in [0.3, 0.4) is 0 Å². The lowest BCUT2D eigenvalue weighted by Gasteiger charge is -2.33. The average Bonchev–Trinajstić information content (AvgIpc) is 3.52. The molecule has 520 valence electrons. The average molecular weight is 1260 g/mol. The van der Waals surface area contributed by atoms with E-state index in [1.165, 1.54) is 167 Å². The molecule has 0 aromatic heterocycles. The van der Waals surface area contributed by atoms with Crippen molar-refractivity contribution in [2.24, 2.45) is 11.0 Å². The van der Waals surface area contributed by atoms with E-state index in [4.69, 9.17) is 5.53 Å². The monoisotopic (exact) mass is 1270 g/mol. The largest absolute Gasteiger partial charge is 0.437 e. The van der Waals surface area contributed by atoms with Crippen LogP contribution >= 0.6 is 0 Å². The number of nitrogens with one attached hydrogen (secondary N) is 1. The predicted octanol–water partition coefficient (Wildman–Crippen LogP) is 13.9. The van der Waals surface area contributed by atoms with Crippen molar-refractivity contribution in [1.82, 2.24) is 34.2 Å². The molecule has 0 saturated carbocycles. The summed E-state index contributed by atoms with van der Waals surface area (Å²) in [5, 5.41) is 69.6. The molecule has 0 fully saturated rings. The lowest BCUT2D eigenvalue weighted by atomic mass is 9.80. The molecule has 0 unspecified atom stereocenters. The number of amides is 1. The Morgan fingerprint density at radius 1 is 0.389 bits per heavy atom. The zero-order chi connectivity index (χ0) is 66.5. The zero-order valence-corrected chi connectivity index (χ0v) is 59.9. The quantitative estimate of drug-likeness (QED) is 0.00754. The van der Waals surface area contributed by atoms with E-state index in [1.54, 1.807) is 13.6 Å². The Hall–Kier alpha value is -1.83. The van der Waals surface area contributed by atoms with Gasteiger partial charge in [0.1, 0.15) is 0 Å². The number of carbonyl (C=O) groups excluding carboxylic acids is 1. The summed E-state index contributed by atoms with van der Waals surface area (Å²) in [6.45, 7) is 19.6. The molecular weight excluding hydrogens is 1120 g/mol. The number of hydrogen-bond donors (Lipinski definition) is 7. The Balaban J connectivity index is 4.42. The van der Waals surface area contributed by atoms with Crippen LogP contribution in [0.15, 0.2) is 29.4 Å². The Bertz CT molecular complexity index is 1630. The van der Waals surface area contributed by atoms with Gasteiger partial charge in [-0.05, 0) is 248 Å². The van der Waals surface area contributed by atoms with Gasteiger partial charge < -0.3 is 64.3 Å². The summed E-state index contributed by atoms with van der Waals surface area (Å²) in [5.41, 5.74) is 8.31. The minimum absolute atomic E-state index is 0.173. The van der Waals surface area contributed by atoms with Crippen molar-refractivity contribution >= 4 is 48.2 Å². The third kappa shape index (κ3) is 57.6. The maximum Gasteiger partial charge on any atom is 0.376 e. The van der Waals surface area contributed by atoms with Crippen molar-refractivity contribution in [3.8, 4) is 0 Å². The highest BCUT2D eigenvalue weighted by Crippen LogP contribution is 2.19. The van der Waals surface area contributed by atoms with Gasteiger partial charge in [-0.1, -0.05) is 171 Å². The Morgan fingerprint density at radius 2 is 0.689 bits per heavy atom. The first-order chi connectivity index (χ1) is 43.5. The first-order valence-corrected chi connectivity index (χ1v) is 37.5. The Labute approximate surface area is 557 Å². The molecule has 1 amide bonds. The maximum absolute atomic E-state index is 12.7. The highest BCUT2D eigenvalue weighted by molar-refractivity contribution is 6.46. The molecule has 7 N–H and O–H groups in total. The molecule has 0 spiro atoms. The van der Waals surface area contributed by atoms with E-state index >= 15 is 0 Å². The second-order valence-corrected chi connectivity index (χ2v) is 27.0.